The van der Waals surface area contributed by atoms with Crippen molar-refractivity contribution in [3.8, 4) is 5.75 Å². The molecule has 0 aliphatic rings. The van der Waals surface area contributed by atoms with Crippen molar-refractivity contribution >= 4 is 27.5 Å². The summed E-state index contributed by atoms with van der Waals surface area (Å²) in [5.41, 5.74) is 0. The molecule has 0 N–H and O–H groups in total. The summed E-state index contributed by atoms with van der Waals surface area (Å²) in [6.07, 6.45) is 0. The van der Waals surface area contributed by atoms with Crippen molar-refractivity contribution in [2.45, 2.75) is 0 Å². The van der Waals surface area contributed by atoms with E-state index in [0.717, 1.165) is 23.3 Å². The number of hydrogen-bond acceptors (Lipinski definition) is 2. The summed E-state index contributed by atoms with van der Waals surface area (Å²) in [5, 5.41) is 0. The number of rotatable bonds is 6. The second-order valence-electron chi connectivity index (χ2n) is 3.29. The molecule has 1 aromatic rings. The van der Waals surface area contributed by atoms with Crippen molar-refractivity contribution in [2.75, 3.05) is 32.6 Å². The van der Waals surface area contributed by atoms with Crippen LogP contribution in [0.15, 0.2) is 28.7 Å². The Labute approximate surface area is 104 Å². The van der Waals surface area contributed by atoms with Crippen molar-refractivity contribution in [3.05, 3.63) is 28.7 Å². The number of hydrogen-bond donors (Lipinski definition) is 0. The lowest BCUT2D eigenvalue weighted by molar-refractivity contribution is 0.244. The van der Waals surface area contributed by atoms with E-state index in [4.69, 9.17) is 16.3 Å². The van der Waals surface area contributed by atoms with E-state index < -0.39 is 0 Å². The van der Waals surface area contributed by atoms with Crippen LogP contribution < -0.4 is 4.74 Å². The van der Waals surface area contributed by atoms with Gasteiger partial charge in [0.1, 0.15) is 12.4 Å². The van der Waals surface area contributed by atoms with Gasteiger partial charge in [-0.3, -0.25) is 0 Å². The van der Waals surface area contributed by atoms with Gasteiger partial charge in [0.15, 0.2) is 0 Å². The smallest absolute Gasteiger partial charge is 0.119 e. The van der Waals surface area contributed by atoms with E-state index in [1.165, 1.54) is 0 Å². The number of likely N-dealkylation sites (N-methyl/N-ethyl adjacent to an activating group) is 1. The SMILES string of the molecule is CN(CCCl)CCOc1ccc(Br)cc1. The highest BCUT2D eigenvalue weighted by Crippen LogP contribution is 2.15. The standard InChI is InChI=1S/C11H15BrClNO/c1-14(7-6-13)8-9-15-11-4-2-10(12)3-5-11/h2-5H,6-9H2,1H3. The van der Waals surface area contributed by atoms with Crippen molar-refractivity contribution in [1.82, 2.24) is 4.90 Å². The lowest BCUT2D eigenvalue weighted by atomic mass is 10.3. The van der Waals surface area contributed by atoms with Gasteiger partial charge in [0.05, 0.1) is 0 Å². The summed E-state index contributed by atoms with van der Waals surface area (Å²) in [6, 6.07) is 7.84. The molecule has 0 aromatic heterocycles. The van der Waals surface area contributed by atoms with E-state index in [2.05, 4.69) is 20.8 Å². The van der Waals surface area contributed by atoms with Crippen molar-refractivity contribution < 1.29 is 4.74 Å². The largest absolute Gasteiger partial charge is 0.492 e. The van der Waals surface area contributed by atoms with Gasteiger partial charge in [0.2, 0.25) is 0 Å². The van der Waals surface area contributed by atoms with Crippen LogP contribution in [0.1, 0.15) is 0 Å². The number of nitrogens with zero attached hydrogens (tertiary/aromatic N) is 1. The molecule has 84 valence electrons. The molecular formula is C11H15BrClNO. The molecule has 0 fully saturated rings. The zero-order chi connectivity index (χ0) is 11.1. The van der Waals surface area contributed by atoms with Crippen LogP contribution in [0.25, 0.3) is 0 Å². The van der Waals surface area contributed by atoms with Crippen molar-refractivity contribution in [1.29, 1.82) is 0 Å². The first-order chi connectivity index (χ1) is 7.22. The topological polar surface area (TPSA) is 12.5 Å². The average Bonchev–Trinajstić information content (AvgIpc) is 2.21. The third-order valence-electron chi connectivity index (χ3n) is 2.02. The Hall–Kier alpha value is -0.250. The summed E-state index contributed by atoms with van der Waals surface area (Å²) in [6.45, 7) is 2.48. The molecule has 0 saturated heterocycles. The van der Waals surface area contributed by atoms with Gasteiger partial charge in [-0.2, -0.15) is 0 Å². The molecular weight excluding hydrogens is 277 g/mol. The van der Waals surface area contributed by atoms with E-state index in [0.29, 0.717) is 12.5 Å². The maximum atomic E-state index is 5.62. The Morgan fingerprint density at radius 1 is 1.27 bits per heavy atom. The normalized spacial score (nSPS) is 10.7. The van der Waals surface area contributed by atoms with Crippen molar-refractivity contribution in [2.24, 2.45) is 0 Å². The molecule has 0 atom stereocenters. The number of ether oxygens (including phenoxy) is 1. The zero-order valence-electron chi connectivity index (χ0n) is 8.75. The van der Waals surface area contributed by atoms with Gasteiger partial charge in [-0.05, 0) is 31.3 Å². The van der Waals surface area contributed by atoms with Crippen molar-refractivity contribution in [3.63, 3.8) is 0 Å². The molecule has 4 heteroatoms. The third kappa shape index (κ3) is 5.40. The predicted molar refractivity (Wildman–Crippen MR) is 67.9 cm³/mol. The molecule has 2 nitrogen and oxygen atoms in total. The minimum Gasteiger partial charge on any atom is -0.492 e. The highest BCUT2D eigenvalue weighted by Gasteiger charge is 1.98. The summed E-state index contributed by atoms with van der Waals surface area (Å²) in [7, 11) is 2.04. The molecule has 0 heterocycles. The van der Waals surface area contributed by atoms with E-state index in [1.807, 2.05) is 31.3 Å². The van der Waals surface area contributed by atoms with Gasteiger partial charge >= 0.3 is 0 Å². The average molecular weight is 293 g/mol. The Morgan fingerprint density at radius 2 is 1.93 bits per heavy atom. The van der Waals surface area contributed by atoms with Crippen LogP contribution in [-0.4, -0.2) is 37.5 Å². The lowest BCUT2D eigenvalue weighted by Gasteiger charge is -2.15. The number of halogens is 2. The maximum absolute atomic E-state index is 5.62. The first-order valence-electron chi connectivity index (χ1n) is 4.85. The highest BCUT2D eigenvalue weighted by molar-refractivity contribution is 9.10. The molecule has 0 amide bonds. The minimum absolute atomic E-state index is 0.661. The molecule has 15 heavy (non-hydrogen) atoms. The molecule has 0 bridgehead atoms. The monoisotopic (exact) mass is 291 g/mol. The molecule has 1 aromatic carbocycles. The van der Waals surface area contributed by atoms with Gasteiger partial charge in [-0.1, -0.05) is 15.9 Å². The summed E-state index contributed by atoms with van der Waals surface area (Å²) < 4.78 is 6.64. The molecule has 0 unspecified atom stereocenters. The Bertz CT molecular complexity index is 278. The van der Waals surface area contributed by atoms with Gasteiger partial charge in [0.25, 0.3) is 0 Å². The Balaban J connectivity index is 2.22. The maximum Gasteiger partial charge on any atom is 0.119 e. The van der Waals surface area contributed by atoms with Gasteiger partial charge in [-0.25, -0.2) is 0 Å². The Kier molecular flexibility index (Phi) is 6.06. The van der Waals surface area contributed by atoms with E-state index in [1.54, 1.807) is 0 Å². The van der Waals surface area contributed by atoms with Crippen LogP contribution in [0.4, 0.5) is 0 Å². The molecule has 1 rings (SSSR count). The zero-order valence-corrected chi connectivity index (χ0v) is 11.1. The van der Waals surface area contributed by atoms with Crippen LogP contribution in [0.2, 0.25) is 0 Å². The summed E-state index contributed by atoms with van der Waals surface area (Å²) in [4.78, 5) is 2.14. The quantitative estimate of drug-likeness (QED) is 0.747. The van der Waals surface area contributed by atoms with Crippen LogP contribution in [0.5, 0.6) is 5.75 Å². The number of alkyl halides is 1. The molecule has 0 saturated carbocycles. The van der Waals surface area contributed by atoms with Crippen LogP contribution >= 0.6 is 27.5 Å². The van der Waals surface area contributed by atoms with E-state index in [-0.39, 0.29) is 0 Å². The third-order valence-corrected chi connectivity index (χ3v) is 2.72. The van der Waals surface area contributed by atoms with Gasteiger partial charge in [-0.15, -0.1) is 11.6 Å². The molecule has 0 aliphatic carbocycles. The van der Waals surface area contributed by atoms with E-state index >= 15 is 0 Å². The fourth-order valence-corrected chi connectivity index (χ4v) is 1.66. The summed E-state index contributed by atoms with van der Waals surface area (Å²) >= 11 is 9.00. The number of benzene rings is 1. The van der Waals surface area contributed by atoms with Crippen LogP contribution in [0, 0.1) is 0 Å². The fraction of sp³-hybridized carbons (Fsp3) is 0.455. The van der Waals surface area contributed by atoms with E-state index in [9.17, 15) is 0 Å². The van der Waals surface area contributed by atoms with Crippen LogP contribution in [-0.2, 0) is 0 Å². The van der Waals surface area contributed by atoms with Gasteiger partial charge in [0, 0.05) is 23.4 Å². The second-order valence-corrected chi connectivity index (χ2v) is 4.59. The minimum atomic E-state index is 0.661. The Morgan fingerprint density at radius 3 is 2.53 bits per heavy atom. The fourth-order valence-electron chi connectivity index (χ4n) is 1.11. The second kappa shape index (κ2) is 7.09. The lowest BCUT2D eigenvalue weighted by Crippen LogP contribution is -2.26. The van der Waals surface area contributed by atoms with Gasteiger partial charge < -0.3 is 9.64 Å². The first kappa shape index (κ1) is 12.8. The molecule has 0 spiro atoms. The predicted octanol–water partition coefficient (Wildman–Crippen LogP) is 3.00. The highest BCUT2D eigenvalue weighted by atomic mass is 79.9. The molecule has 0 aliphatic heterocycles. The van der Waals surface area contributed by atoms with Crippen LogP contribution in [0.3, 0.4) is 0 Å². The summed E-state index contributed by atoms with van der Waals surface area (Å²) in [5.74, 6) is 1.56. The molecule has 0 radical (unpaired) electrons. The first-order valence-corrected chi connectivity index (χ1v) is 6.18.